The molecule has 0 bridgehead atoms. The minimum atomic E-state index is -2.90. The molecule has 1 aromatic carbocycles. The van der Waals surface area contributed by atoms with Gasteiger partial charge in [-0.1, -0.05) is 36.4 Å². The largest absolute Gasteiger partial charge is 0.467 e. The number of alkyl carbamates (subject to hydrolysis) is 1. The molecule has 7 nitrogen and oxygen atoms in total. The number of rotatable bonds is 11. The second-order valence-electron chi connectivity index (χ2n) is 5.59. The highest BCUT2D eigenvalue weighted by Crippen LogP contribution is 2.47. The van der Waals surface area contributed by atoms with Crippen molar-refractivity contribution >= 4 is 19.4 Å². The zero-order chi connectivity index (χ0) is 19.4. The molecule has 0 aliphatic carbocycles. The third kappa shape index (κ3) is 7.85. The van der Waals surface area contributed by atoms with Crippen LogP contribution < -0.4 is 5.32 Å². The van der Waals surface area contributed by atoms with E-state index in [9.17, 15) is 14.2 Å². The molecular weight excluding hydrogens is 357 g/mol. The Morgan fingerprint density at radius 1 is 1.23 bits per heavy atom. The SMILES string of the molecule is C=CCCP(=O)(CC[C@H](NC(=O)OCc1ccccc1)C(=O)OC)OC. The average Bonchev–Trinajstić information content (AvgIpc) is 2.68. The molecule has 1 aromatic rings. The highest BCUT2D eigenvalue weighted by molar-refractivity contribution is 7.58. The molecule has 0 heterocycles. The van der Waals surface area contributed by atoms with Crippen LogP contribution in [0.2, 0.25) is 0 Å². The van der Waals surface area contributed by atoms with Gasteiger partial charge in [-0.25, -0.2) is 9.59 Å². The third-order valence-corrected chi connectivity index (χ3v) is 6.30. The summed E-state index contributed by atoms with van der Waals surface area (Å²) in [5.41, 5.74) is 0.825. The lowest BCUT2D eigenvalue weighted by Gasteiger charge is -2.20. The lowest BCUT2D eigenvalue weighted by Crippen LogP contribution is -2.42. The van der Waals surface area contributed by atoms with Gasteiger partial charge in [-0.15, -0.1) is 6.58 Å². The number of ether oxygens (including phenoxy) is 2. The zero-order valence-corrected chi connectivity index (χ0v) is 16.1. The topological polar surface area (TPSA) is 90.9 Å². The maximum absolute atomic E-state index is 12.6. The predicted molar refractivity (Wildman–Crippen MR) is 99.3 cm³/mol. The van der Waals surface area contributed by atoms with E-state index in [0.717, 1.165) is 5.56 Å². The van der Waals surface area contributed by atoms with Crippen LogP contribution in [-0.4, -0.2) is 44.6 Å². The summed E-state index contributed by atoms with van der Waals surface area (Å²) in [5.74, 6) is -0.631. The second kappa shape index (κ2) is 11.5. The van der Waals surface area contributed by atoms with Crippen molar-refractivity contribution in [1.82, 2.24) is 5.32 Å². The van der Waals surface area contributed by atoms with Gasteiger partial charge in [-0.2, -0.15) is 0 Å². The summed E-state index contributed by atoms with van der Waals surface area (Å²) < 4.78 is 27.5. The van der Waals surface area contributed by atoms with Crippen LogP contribution in [0.25, 0.3) is 0 Å². The number of hydrogen-bond acceptors (Lipinski definition) is 6. The van der Waals surface area contributed by atoms with E-state index in [2.05, 4.69) is 11.9 Å². The van der Waals surface area contributed by atoms with Crippen LogP contribution in [0.1, 0.15) is 18.4 Å². The van der Waals surface area contributed by atoms with Crippen molar-refractivity contribution in [3.63, 3.8) is 0 Å². The fraction of sp³-hybridized carbons (Fsp3) is 0.444. The summed E-state index contributed by atoms with van der Waals surface area (Å²) in [5, 5.41) is 2.46. The number of esters is 1. The molecule has 8 heteroatoms. The van der Waals surface area contributed by atoms with Gasteiger partial charge in [0.2, 0.25) is 7.37 Å². The first-order chi connectivity index (χ1) is 12.4. The lowest BCUT2D eigenvalue weighted by molar-refractivity contribution is -0.143. The number of hydrogen-bond donors (Lipinski definition) is 1. The molecule has 1 rings (SSSR count). The van der Waals surface area contributed by atoms with Gasteiger partial charge in [0.05, 0.1) is 7.11 Å². The highest BCUT2D eigenvalue weighted by atomic mass is 31.2. The molecule has 0 aromatic heterocycles. The number of carbonyl (C=O) groups is 2. The van der Waals surface area contributed by atoms with E-state index in [0.29, 0.717) is 12.6 Å². The van der Waals surface area contributed by atoms with Gasteiger partial charge in [-0.3, -0.25) is 4.57 Å². The molecule has 2 atom stereocenters. The summed E-state index contributed by atoms with van der Waals surface area (Å²) in [6.07, 6.45) is 2.04. The fourth-order valence-electron chi connectivity index (χ4n) is 2.21. The minimum Gasteiger partial charge on any atom is -0.467 e. The normalized spacial score (nSPS) is 13.9. The quantitative estimate of drug-likeness (QED) is 0.358. The Kier molecular flexibility index (Phi) is 9.70. The zero-order valence-electron chi connectivity index (χ0n) is 15.2. The summed E-state index contributed by atoms with van der Waals surface area (Å²) >= 11 is 0. The molecule has 1 unspecified atom stereocenters. The van der Waals surface area contributed by atoms with Gasteiger partial charge >= 0.3 is 12.1 Å². The average molecular weight is 383 g/mol. The van der Waals surface area contributed by atoms with Crippen molar-refractivity contribution in [3.8, 4) is 0 Å². The van der Waals surface area contributed by atoms with Crippen LogP contribution in [0, 0.1) is 0 Å². The molecule has 0 spiro atoms. The molecule has 0 saturated carbocycles. The van der Waals surface area contributed by atoms with Crippen molar-refractivity contribution in [3.05, 3.63) is 48.6 Å². The van der Waals surface area contributed by atoms with Gasteiger partial charge in [0.15, 0.2) is 0 Å². The first kappa shape index (κ1) is 21.9. The van der Waals surface area contributed by atoms with E-state index in [1.54, 1.807) is 6.08 Å². The maximum atomic E-state index is 12.6. The third-order valence-electron chi connectivity index (χ3n) is 3.76. The molecule has 1 amide bonds. The first-order valence-corrected chi connectivity index (χ1v) is 10.2. The summed E-state index contributed by atoms with van der Waals surface area (Å²) in [6, 6.07) is 8.20. The Bertz CT molecular complexity index is 634. The van der Waals surface area contributed by atoms with Crippen LogP contribution in [0.15, 0.2) is 43.0 Å². The van der Waals surface area contributed by atoms with Crippen LogP contribution >= 0.6 is 7.37 Å². The summed E-state index contributed by atoms with van der Waals surface area (Å²) in [6.45, 7) is 3.68. The fourth-order valence-corrected chi connectivity index (χ4v) is 4.02. The van der Waals surface area contributed by atoms with Gasteiger partial charge in [0.1, 0.15) is 12.6 Å². The Balaban J connectivity index is 2.60. The summed E-state index contributed by atoms with van der Waals surface area (Å²) in [4.78, 5) is 23.9. The molecule has 1 N–H and O–H groups in total. The van der Waals surface area contributed by atoms with Crippen molar-refractivity contribution in [1.29, 1.82) is 0 Å². The van der Waals surface area contributed by atoms with Gasteiger partial charge < -0.3 is 19.3 Å². The Hall–Kier alpha value is -2.11. The number of amides is 1. The second-order valence-corrected chi connectivity index (χ2v) is 8.48. The van der Waals surface area contributed by atoms with Crippen LogP contribution in [0.3, 0.4) is 0 Å². The number of nitrogens with one attached hydrogen (secondary N) is 1. The van der Waals surface area contributed by atoms with E-state index in [1.807, 2.05) is 30.3 Å². The van der Waals surface area contributed by atoms with Crippen molar-refractivity contribution in [2.75, 3.05) is 26.5 Å². The molecule has 0 saturated heterocycles. The Labute approximate surface area is 154 Å². The van der Waals surface area contributed by atoms with E-state index in [1.165, 1.54) is 14.2 Å². The Morgan fingerprint density at radius 3 is 2.50 bits per heavy atom. The Morgan fingerprint density at radius 2 is 1.92 bits per heavy atom. The molecule has 0 fully saturated rings. The number of benzene rings is 1. The molecule has 144 valence electrons. The molecule has 0 aliphatic rings. The molecule has 0 radical (unpaired) electrons. The van der Waals surface area contributed by atoms with Gasteiger partial charge in [-0.05, 0) is 18.4 Å². The maximum Gasteiger partial charge on any atom is 0.408 e. The minimum absolute atomic E-state index is 0.0798. The number of carbonyl (C=O) groups excluding carboxylic acids is 2. The smallest absolute Gasteiger partial charge is 0.408 e. The van der Waals surface area contributed by atoms with Crippen LogP contribution in [-0.2, 0) is 30.0 Å². The van der Waals surface area contributed by atoms with Crippen LogP contribution in [0.5, 0.6) is 0 Å². The number of allylic oxidation sites excluding steroid dienone is 1. The molecule has 0 aliphatic heterocycles. The summed E-state index contributed by atoms with van der Waals surface area (Å²) in [7, 11) is -0.303. The van der Waals surface area contributed by atoms with Crippen LogP contribution in [0.4, 0.5) is 4.79 Å². The van der Waals surface area contributed by atoms with Crippen molar-refractivity contribution < 1.29 is 28.2 Å². The van der Waals surface area contributed by atoms with Crippen molar-refractivity contribution in [2.24, 2.45) is 0 Å². The number of methoxy groups -OCH3 is 1. The molecule has 26 heavy (non-hydrogen) atoms. The lowest BCUT2D eigenvalue weighted by atomic mass is 10.2. The van der Waals surface area contributed by atoms with Gasteiger partial charge in [0, 0.05) is 19.4 Å². The van der Waals surface area contributed by atoms with E-state index < -0.39 is 25.5 Å². The van der Waals surface area contributed by atoms with Crippen molar-refractivity contribution in [2.45, 2.75) is 25.5 Å². The standard InChI is InChI=1S/C18H26NO6P/c1-4-5-12-26(22,24-3)13-11-16(17(20)23-2)19-18(21)25-14-15-9-7-6-8-10-15/h4,6-10,16H,1,5,11-14H2,2-3H3,(H,19,21)/t16-,26?/m0/s1. The molecular formula is C18H26NO6P. The highest BCUT2D eigenvalue weighted by Gasteiger charge is 2.28. The van der Waals surface area contributed by atoms with E-state index in [-0.39, 0.29) is 19.2 Å². The first-order valence-electron chi connectivity index (χ1n) is 8.24. The monoisotopic (exact) mass is 383 g/mol. The predicted octanol–water partition coefficient (Wildman–Crippen LogP) is 3.35. The van der Waals surface area contributed by atoms with Gasteiger partial charge in [0.25, 0.3) is 0 Å². The van der Waals surface area contributed by atoms with E-state index >= 15 is 0 Å². The van der Waals surface area contributed by atoms with E-state index in [4.69, 9.17) is 14.0 Å².